The van der Waals surface area contributed by atoms with Crippen LogP contribution in [-0.2, 0) is 16.1 Å². The number of anilines is 1. The molecule has 1 saturated carbocycles. The Kier molecular flexibility index (Phi) is 5.57. The maximum atomic E-state index is 12.6. The number of aromatic nitrogens is 2. The van der Waals surface area contributed by atoms with Crippen LogP contribution in [0.2, 0.25) is 0 Å². The number of amides is 2. The van der Waals surface area contributed by atoms with Crippen LogP contribution in [0.1, 0.15) is 48.6 Å². The number of hydrogen-bond donors (Lipinski definition) is 1. The van der Waals surface area contributed by atoms with Gasteiger partial charge in [-0.2, -0.15) is 0 Å². The zero-order valence-electron chi connectivity index (χ0n) is 15.9. The van der Waals surface area contributed by atoms with Gasteiger partial charge in [0.05, 0.1) is 13.0 Å². The number of carbonyl (C=O) groups excluding carboxylic acids is 2. The zero-order chi connectivity index (χ0) is 19.5. The second-order valence-corrected chi connectivity index (χ2v) is 8.41. The number of carbonyl (C=O) groups is 2. The molecule has 7 nitrogen and oxygen atoms in total. The fourth-order valence-corrected chi connectivity index (χ4v) is 4.89. The topological polar surface area (TPSA) is 84.4 Å². The molecule has 2 fully saturated rings. The van der Waals surface area contributed by atoms with E-state index >= 15 is 0 Å². The minimum atomic E-state index is -0.374. The third kappa shape index (κ3) is 4.01. The minimum Gasteiger partial charge on any atom is -0.496 e. The van der Waals surface area contributed by atoms with E-state index in [9.17, 15) is 9.59 Å². The molecule has 0 bridgehead atoms. The second kappa shape index (κ2) is 8.26. The van der Waals surface area contributed by atoms with Crippen LogP contribution in [0.15, 0.2) is 24.3 Å². The molecular formula is C20H24N4O3S. The van der Waals surface area contributed by atoms with Crippen molar-refractivity contribution in [3.63, 3.8) is 0 Å². The Bertz CT molecular complexity index is 863. The molecule has 2 amide bonds. The van der Waals surface area contributed by atoms with Gasteiger partial charge in [-0.1, -0.05) is 42.4 Å². The first-order chi connectivity index (χ1) is 13.6. The Balaban J connectivity index is 1.36. The maximum absolute atomic E-state index is 12.6. The molecule has 2 aromatic rings. The normalized spacial score (nSPS) is 20.0. The van der Waals surface area contributed by atoms with Gasteiger partial charge in [-0.25, -0.2) is 0 Å². The number of likely N-dealkylation sites (tertiary alicyclic amines) is 1. The summed E-state index contributed by atoms with van der Waals surface area (Å²) in [7, 11) is 1.61. The van der Waals surface area contributed by atoms with Gasteiger partial charge < -0.3 is 15.0 Å². The summed E-state index contributed by atoms with van der Waals surface area (Å²) in [6.45, 7) is 0.842. The smallest absolute Gasteiger partial charge is 0.231 e. The molecule has 8 heteroatoms. The van der Waals surface area contributed by atoms with Crippen LogP contribution in [0.3, 0.4) is 0 Å². The summed E-state index contributed by atoms with van der Waals surface area (Å²) in [6, 6.07) is 7.62. The summed E-state index contributed by atoms with van der Waals surface area (Å²) in [5.41, 5.74) is 0.935. The van der Waals surface area contributed by atoms with E-state index in [0.29, 0.717) is 24.1 Å². The first kappa shape index (κ1) is 18.9. The molecule has 0 unspecified atom stereocenters. The van der Waals surface area contributed by atoms with Crippen molar-refractivity contribution in [1.82, 2.24) is 15.1 Å². The second-order valence-electron chi connectivity index (χ2n) is 7.40. The van der Waals surface area contributed by atoms with Crippen molar-refractivity contribution in [3.8, 4) is 5.75 Å². The summed E-state index contributed by atoms with van der Waals surface area (Å²) in [4.78, 5) is 26.8. The molecule has 1 aliphatic carbocycles. The lowest BCUT2D eigenvalue weighted by Crippen LogP contribution is -2.28. The van der Waals surface area contributed by atoms with Crippen molar-refractivity contribution in [2.45, 2.75) is 44.6 Å². The quantitative estimate of drug-likeness (QED) is 0.805. The molecule has 1 aliphatic heterocycles. The van der Waals surface area contributed by atoms with Crippen molar-refractivity contribution in [2.24, 2.45) is 5.92 Å². The largest absolute Gasteiger partial charge is 0.496 e. The molecule has 0 spiro atoms. The lowest BCUT2D eigenvalue weighted by molar-refractivity contribution is -0.128. The number of para-hydroxylation sites is 1. The van der Waals surface area contributed by atoms with Crippen LogP contribution in [-0.4, -0.2) is 40.6 Å². The number of nitrogens with zero attached hydrogens (tertiary/aromatic N) is 3. The van der Waals surface area contributed by atoms with E-state index in [0.717, 1.165) is 29.2 Å². The van der Waals surface area contributed by atoms with E-state index < -0.39 is 0 Å². The fourth-order valence-electron chi connectivity index (χ4n) is 3.97. The monoisotopic (exact) mass is 400 g/mol. The first-order valence-corrected chi connectivity index (χ1v) is 10.5. The van der Waals surface area contributed by atoms with Gasteiger partial charge in [0.25, 0.3) is 0 Å². The molecule has 1 aromatic carbocycles. The highest BCUT2D eigenvalue weighted by Gasteiger charge is 2.35. The predicted octanol–water partition coefficient (Wildman–Crippen LogP) is 3.19. The van der Waals surface area contributed by atoms with Crippen LogP contribution in [0, 0.1) is 5.92 Å². The molecule has 28 heavy (non-hydrogen) atoms. The summed E-state index contributed by atoms with van der Waals surface area (Å²) >= 11 is 1.46. The van der Waals surface area contributed by atoms with Gasteiger partial charge in [0.1, 0.15) is 10.8 Å². The van der Waals surface area contributed by atoms with Crippen molar-refractivity contribution < 1.29 is 14.3 Å². The van der Waals surface area contributed by atoms with Crippen molar-refractivity contribution in [2.75, 3.05) is 19.0 Å². The molecule has 2 heterocycles. The van der Waals surface area contributed by atoms with E-state index in [-0.39, 0.29) is 24.2 Å². The summed E-state index contributed by atoms with van der Waals surface area (Å²) < 4.78 is 5.36. The van der Waals surface area contributed by atoms with Crippen LogP contribution in [0.25, 0.3) is 0 Å². The van der Waals surface area contributed by atoms with Crippen molar-refractivity contribution >= 4 is 28.3 Å². The Hall–Kier alpha value is -2.48. The van der Waals surface area contributed by atoms with E-state index in [4.69, 9.17) is 4.74 Å². The third-order valence-electron chi connectivity index (χ3n) is 5.51. The average molecular weight is 401 g/mol. The molecule has 1 atom stereocenters. The van der Waals surface area contributed by atoms with Gasteiger partial charge in [-0.3, -0.25) is 9.59 Å². The highest BCUT2D eigenvalue weighted by atomic mass is 32.1. The summed E-state index contributed by atoms with van der Waals surface area (Å²) in [6.07, 6.45) is 4.99. The Labute approximate surface area is 168 Å². The number of nitrogens with one attached hydrogen (secondary N) is 1. The Morgan fingerprint density at radius 3 is 2.86 bits per heavy atom. The number of methoxy groups -OCH3 is 1. The maximum Gasteiger partial charge on any atom is 0.231 e. The molecule has 0 radical (unpaired) electrons. The highest BCUT2D eigenvalue weighted by molar-refractivity contribution is 7.15. The average Bonchev–Trinajstić information content (AvgIpc) is 3.44. The van der Waals surface area contributed by atoms with Crippen molar-refractivity contribution in [1.29, 1.82) is 0 Å². The molecule has 2 aliphatic rings. The van der Waals surface area contributed by atoms with Crippen LogP contribution in [0.4, 0.5) is 5.13 Å². The van der Waals surface area contributed by atoms with Gasteiger partial charge in [-0.05, 0) is 18.9 Å². The molecule has 1 N–H and O–H groups in total. The summed E-state index contributed by atoms with van der Waals surface area (Å²) in [5.74, 6) is 0.671. The standard InChI is InChI=1S/C20H24N4O3S/c1-27-16-9-5-4-8-14(16)11-24-12-15(10-17(24)25)18(26)21-20-23-22-19(28-20)13-6-2-3-7-13/h4-5,8-9,13,15H,2-3,6-7,10-12H2,1H3,(H,21,23,26)/t15-/m0/s1. The van der Waals surface area contributed by atoms with E-state index in [1.54, 1.807) is 12.0 Å². The van der Waals surface area contributed by atoms with Crippen molar-refractivity contribution in [3.05, 3.63) is 34.8 Å². The van der Waals surface area contributed by atoms with E-state index in [1.165, 1.54) is 24.2 Å². The van der Waals surface area contributed by atoms with Gasteiger partial charge in [0, 0.05) is 31.0 Å². The lowest BCUT2D eigenvalue weighted by Gasteiger charge is -2.18. The highest BCUT2D eigenvalue weighted by Crippen LogP contribution is 2.36. The summed E-state index contributed by atoms with van der Waals surface area (Å²) in [5, 5.41) is 12.8. The predicted molar refractivity (Wildman–Crippen MR) is 106 cm³/mol. The van der Waals surface area contributed by atoms with Gasteiger partial charge in [0.2, 0.25) is 16.9 Å². The SMILES string of the molecule is COc1ccccc1CN1C[C@@H](C(=O)Nc2nnc(C3CCCC3)s2)CC1=O. The Morgan fingerprint density at radius 1 is 1.29 bits per heavy atom. The van der Waals surface area contributed by atoms with Crippen LogP contribution >= 0.6 is 11.3 Å². The number of benzene rings is 1. The van der Waals surface area contributed by atoms with Crippen LogP contribution < -0.4 is 10.1 Å². The molecule has 148 valence electrons. The molecule has 4 rings (SSSR count). The van der Waals surface area contributed by atoms with E-state index in [1.807, 2.05) is 24.3 Å². The third-order valence-corrected chi connectivity index (χ3v) is 6.52. The van der Waals surface area contributed by atoms with Gasteiger partial charge in [0.15, 0.2) is 0 Å². The molecule has 1 saturated heterocycles. The van der Waals surface area contributed by atoms with E-state index in [2.05, 4.69) is 15.5 Å². The fraction of sp³-hybridized carbons (Fsp3) is 0.500. The van der Waals surface area contributed by atoms with Gasteiger partial charge in [-0.15, -0.1) is 10.2 Å². The Morgan fingerprint density at radius 2 is 2.07 bits per heavy atom. The zero-order valence-corrected chi connectivity index (χ0v) is 16.7. The van der Waals surface area contributed by atoms with Crippen LogP contribution in [0.5, 0.6) is 5.75 Å². The number of hydrogen-bond acceptors (Lipinski definition) is 6. The number of rotatable bonds is 6. The molecular weight excluding hydrogens is 376 g/mol. The molecule has 1 aromatic heterocycles. The number of ether oxygens (including phenoxy) is 1. The lowest BCUT2D eigenvalue weighted by atomic mass is 10.1. The van der Waals surface area contributed by atoms with Gasteiger partial charge >= 0.3 is 0 Å². The first-order valence-electron chi connectivity index (χ1n) is 9.68. The minimum absolute atomic E-state index is 0.0186.